The van der Waals surface area contributed by atoms with Gasteiger partial charge in [0.1, 0.15) is 6.54 Å². The Morgan fingerprint density at radius 2 is 1.74 bits per heavy atom. The van der Waals surface area contributed by atoms with Crippen molar-refractivity contribution in [3.05, 3.63) is 90.5 Å². The third kappa shape index (κ3) is 5.66. The average Bonchev–Trinajstić information content (AvgIpc) is 3.64. The van der Waals surface area contributed by atoms with Gasteiger partial charge in [-0.25, -0.2) is 0 Å². The Balaban J connectivity index is 1.24. The monoisotopic (exact) mass is 468 g/mol. The summed E-state index contributed by atoms with van der Waals surface area (Å²) in [6, 6.07) is 17.8. The molecule has 1 aliphatic carbocycles. The molecule has 1 aliphatic rings. The van der Waals surface area contributed by atoms with Crippen LogP contribution < -0.4 is 10.6 Å². The fourth-order valence-electron chi connectivity index (χ4n) is 4.51. The van der Waals surface area contributed by atoms with Crippen LogP contribution in [0.1, 0.15) is 41.6 Å². The Labute approximate surface area is 204 Å². The van der Waals surface area contributed by atoms with Gasteiger partial charge in [0.05, 0.1) is 18.4 Å². The van der Waals surface area contributed by atoms with Crippen molar-refractivity contribution in [1.82, 2.24) is 24.9 Å². The molecule has 1 fully saturated rings. The van der Waals surface area contributed by atoms with Gasteiger partial charge in [-0.1, -0.05) is 55.3 Å². The fourth-order valence-corrected chi connectivity index (χ4v) is 4.51. The van der Waals surface area contributed by atoms with E-state index >= 15 is 0 Å². The highest BCUT2D eigenvalue weighted by Gasteiger charge is 2.18. The van der Waals surface area contributed by atoms with E-state index < -0.39 is 0 Å². The van der Waals surface area contributed by atoms with Crippen LogP contribution in [-0.2, 0) is 17.9 Å². The molecule has 0 spiro atoms. The number of hydrogen-bond acceptors (Lipinski definition) is 4. The molecular weight excluding hydrogens is 440 g/mol. The lowest BCUT2D eigenvalue weighted by atomic mass is 9.98. The Bertz CT molecular complexity index is 1290. The number of aromatic nitrogens is 4. The molecule has 178 valence electrons. The Morgan fingerprint density at radius 3 is 2.51 bits per heavy atom. The number of carbonyl (C=O) groups excluding carboxylic acids is 2. The van der Waals surface area contributed by atoms with E-state index in [4.69, 9.17) is 0 Å². The van der Waals surface area contributed by atoms with Crippen molar-refractivity contribution in [2.75, 3.05) is 5.32 Å². The second-order valence-corrected chi connectivity index (χ2v) is 8.88. The summed E-state index contributed by atoms with van der Waals surface area (Å²) in [4.78, 5) is 25.4. The van der Waals surface area contributed by atoms with E-state index in [0.29, 0.717) is 17.8 Å². The molecule has 0 aliphatic heterocycles. The first-order chi connectivity index (χ1) is 17.1. The first kappa shape index (κ1) is 22.6. The zero-order valence-electron chi connectivity index (χ0n) is 19.4. The first-order valence-corrected chi connectivity index (χ1v) is 11.9. The molecule has 0 bridgehead atoms. The van der Waals surface area contributed by atoms with E-state index in [2.05, 4.69) is 20.8 Å². The van der Waals surface area contributed by atoms with E-state index in [1.807, 2.05) is 65.5 Å². The van der Waals surface area contributed by atoms with Gasteiger partial charge in [0.15, 0.2) is 0 Å². The molecule has 0 atom stereocenters. The van der Waals surface area contributed by atoms with Crippen LogP contribution in [0.5, 0.6) is 0 Å². The summed E-state index contributed by atoms with van der Waals surface area (Å²) in [6.45, 7) is 0.825. The number of anilines is 1. The van der Waals surface area contributed by atoms with E-state index in [1.165, 1.54) is 12.8 Å². The largest absolute Gasteiger partial charge is 0.352 e. The van der Waals surface area contributed by atoms with Crippen molar-refractivity contribution in [2.24, 2.45) is 0 Å². The first-order valence-electron chi connectivity index (χ1n) is 11.9. The molecule has 2 amide bonds. The SMILES string of the molecule is O=C(Cn1cc(NC(=O)c2ccccc2-c2ccc(Cn3cccn3)cc2)cn1)NC1CCCC1. The number of rotatable bonds is 8. The highest BCUT2D eigenvalue weighted by Crippen LogP contribution is 2.25. The topological polar surface area (TPSA) is 93.8 Å². The van der Waals surface area contributed by atoms with E-state index in [1.54, 1.807) is 23.3 Å². The highest BCUT2D eigenvalue weighted by molar-refractivity contribution is 6.08. The number of nitrogens with one attached hydrogen (secondary N) is 2. The second-order valence-electron chi connectivity index (χ2n) is 8.88. The number of benzene rings is 2. The van der Waals surface area contributed by atoms with Gasteiger partial charge in [-0.3, -0.25) is 19.0 Å². The second kappa shape index (κ2) is 10.4. The summed E-state index contributed by atoms with van der Waals surface area (Å²) in [5.41, 5.74) is 4.05. The maximum absolute atomic E-state index is 13.1. The molecule has 5 rings (SSSR count). The van der Waals surface area contributed by atoms with Crippen LogP contribution in [0.15, 0.2) is 79.4 Å². The van der Waals surface area contributed by atoms with Crippen molar-refractivity contribution in [2.45, 2.75) is 44.8 Å². The molecule has 1 saturated carbocycles. The Morgan fingerprint density at radius 1 is 0.943 bits per heavy atom. The molecule has 2 heterocycles. The lowest BCUT2D eigenvalue weighted by Crippen LogP contribution is -2.35. The number of carbonyl (C=O) groups is 2. The van der Waals surface area contributed by atoms with Gasteiger partial charge in [-0.2, -0.15) is 10.2 Å². The van der Waals surface area contributed by atoms with Crippen LogP contribution in [0, 0.1) is 0 Å². The molecule has 4 aromatic rings. The molecule has 2 aromatic carbocycles. The van der Waals surface area contributed by atoms with E-state index in [-0.39, 0.29) is 24.4 Å². The van der Waals surface area contributed by atoms with Gasteiger partial charge in [-0.05, 0) is 41.7 Å². The predicted molar refractivity (Wildman–Crippen MR) is 134 cm³/mol. The quantitative estimate of drug-likeness (QED) is 0.407. The number of hydrogen-bond donors (Lipinski definition) is 2. The molecular formula is C27H28N6O2. The van der Waals surface area contributed by atoms with Gasteiger partial charge >= 0.3 is 0 Å². The zero-order valence-corrected chi connectivity index (χ0v) is 19.4. The summed E-state index contributed by atoms with van der Waals surface area (Å²) in [5, 5.41) is 14.4. The zero-order chi connectivity index (χ0) is 24.0. The molecule has 2 aromatic heterocycles. The maximum Gasteiger partial charge on any atom is 0.256 e. The van der Waals surface area contributed by atoms with Gasteiger partial charge in [0, 0.05) is 30.2 Å². The van der Waals surface area contributed by atoms with E-state index in [9.17, 15) is 9.59 Å². The van der Waals surface area contributed by atoms with E-state index in [0.717, 1.165) is 29.5 Å². The summed E-state index contributed by atoms with van der Waals surface area (Å²) < 4.78 is 3.42. The van der Waals surface area contributed by atoms with Crippen LogP contribution in [0.25, 0.3) is 11.1 Å². The van der Waals surface area contributed by atoms with Gasteiger partial charge in [0.25, 0.3) is 5.91 Å². The third-order valence-electron chi connectivity index (χ3n) is 6.26. The predicted octanol–water partition coefficient (Wildman–Crippen LogP) is 4.11. The summed E-state index contributed by atoms with van der Waals surface area (Å²) in [7, 11) is 0. The minimum atomic E-state index is -0.226. The van der Waals surface area contributed by atoms with Crippen LogP contribution >= 0.6 is 0 Å². The van der Waals surface area contributed by atoms with Crippen molar-refractivity contribution in [3.8, 4) is 11.1 Å². The molecule has 0 radical (unpaired) electrons. The Kier molecular flexibility index (Phi) is 6.70. The molecule has 2 N–H and O–H groups in total. The van der Waals surface area contributed by atoms with Crippen LogP contribution in [0.3, 0.4) is 0 Å². The molecule has 8 heteroatoms. The summed E-state index contributed by atoms with van der Waals surface area (Å²) >= 11 is 0. The van der Waals surface area contributed by atoms with Crippen molar-refractivity contribution >= 4 is 17.5 Å². The van der Waals surface area contributed by atoms with Gasteiger partial charge in [-0.15, -0.1) is 0 Å². The molecule has 35 heavy (non-hydrogen) atoms. The lowest BCUT2D eigenvalue weighted by Gasteiger charge is -2.11. The van der Waals surface area contributed by atoms with Crippen molar-refractivity contribution < 1.29 is 9.59 Å². The number of nitrogens with zero attached hydrogens (tertiary/aromatic N) is 4. The molecule has 0 saturated heterocycles. The standard InChI is InChI=1S/C27H28N6O2/c34-26(30-22-6-1-2-7-22)19-33-18-23(16-29-33)31-27(35)25-9-4-3-8-24(25)21-12-10-20(11-13-21)17-32-15-5-14-28-32/h3-5,8-16,18,22H,1-2,6-7,17,19H2,(H,30,34)(H,31,35). The third-order valence-corrected chi connectivity index (χ3v) is 6.26. The fraction of sp³-hybridized carbons (Fsp3) is 0.259. The Hall–Kier alpha value is -4.20. The van der Waals surface area contributed by atoms with Crippen molar-refractivity contribution in [1.29, 1.82) is 0 Å². The lowest BCUT2D eigenvalue weighted by molar-refractivity contribution is -0.122. The minimum absolute atomic E-state index is 0.0563. The molecule has 0 unspecified atom stereocenters. The van der Waals surface area contributed by atoms with Crippen LogP contribution in [0.2, 0.25) is 0 Å². The summed E-state index contributed by atoms with van der Waals surface area (Å²) in [6.07, 6.45) is 11.3. The number of amides is 2. The smallest absolute Gasteiger partial charge is 0.256 e. The molecule has 8 nitrogen and oxygen atoms in total. The van der Waals surface area contributed by atoms with Crippen molar-refractivity contribution in [3.63, 3.8) is 0 Å². The summed E-state index contributed by atoms with van der Waals surface area (Å²) in [5.74, 6) is -0.282. The van der Waals surface area contributed by atoms with Gasteiger partial charge < -0.3 is 10.6 Å². The van der Waals surface area contributed by atoms with Gasteiger partial charge in [0.2, 0.25) is 5.91 Å². The average molecular weight is 469 g/mol. The van der Waals surface area contributed by atoms with Crippen LogP contribution in [-0.4, -0.2) is 37.4 Å². The highest BCUT2D eigenvalue weighted by atomic mass is 16.2. The maximum atomic E-state index is 13.1. The minimum Gasteiger partial charge on any atom is -0.352 e. The van der Waals surface area contributed by atoms with Crippen LogP contribution in [0.4, 0.5) is 5.69 Å². The normalized spacial score (nSPS) is 13.6.